The van der Waals surface area contributed by atoms with Crippen LogP contribution in [0, 0.1) is 11.6 Å². The molecule has 2 aromatic rings. The van der Waals surface area contributed by atoms with Crippen LogP contribution in [0.15, 0.2) is 30.5 Å². The molecule has 19 heavy (non-hydrogen) atoms. The van der Waals surface area contributed by atoms with E-state index in [0.717, 1.165) is 12.1 Å². The van der Waals surface area contributed by atoms with Crippen LogP contribution in [-0.2, 0) is 0 Å². The van der Waals surface area contributed by atoms with Crippen molar-refractivity contribution in [2.75, 3.05) is 5.73 Å². The number of nitrogens with zero attached hydrogens (tertiary/aromatic N) is 1. The first kappa shape index (κ1) is 12.7. The molecular formula is C12H9F2N3O2. The van der Waals surface area contributed by atoms with Crippen LogP contribution in [-0.4, -0.2) is 10.9 Å². The molecule has 0 aliphatic rings. The molecule has 0 aliphatic heterocycles. The van der Waals surface area contributed by atoms with Gasteiger partial charge in [0.05, 0.1) is 11.9 Å². The quantitative estimate of drug-likeness (QED) is 0.885. The monoisotopic (exact) mass is 265 g/mol. The number of ether oxygens (including phenoxy) is 1. The normalized spacial score (nSPS) is 10.2. The molecule has 0 spiro atoms. The SMILES string of the molecule is NC(=O)c1cc(N)cnc1Oc1cc(F)cc(F)c1. The first-order valence-corrected chi connectivity index (χ1v) is 5.15. The van der Waals surface area contributed by atoms with Gasteiger partial charge in [-0.25, -0.2) is 13.8 Å². The van der Waals surface area contributed by atoms with Crippen molar-refractivity contribution < 1.29 is 18.3 Å². The van der Waals surface area contributed by atoms with E-state index in [1.165, 1.54) is 12.3 Å². The number of nitrogens with two attached hydrogens (primary N) is 2. The minimum Gasteiger partial charge on any atom is -0.438 e. The van der Waals surface area contributed by atoms with E-state index in [0.29, 0.717) is 6.07 Å². The molecule has 0 aliphatic carbocycles. The number of nitrogen functional groups attached to an aromatic ring is 1. The van der Waals surface area contributed by atoms with Gasteiger partial charge < -0.3 is 16.2 Å². The van der Waals surface area contributed by atoms with Gasteiger partial charge in [-0.1, -0.05) is 0 Å². The van der Waals surface area contributed by atoms with Crippen molar-refractivity contribution in [3.8, 4) is 11.6 Å². The average Bonchev–Trinajstić information content (AvgIpc) is 2.30. The second-order valence-electron chi connectivity index (χ2n) is 3.69. The van der Waals surface area contributed by atoms with Crippen molar-refractivity contribution in [1.29, 1.82) is 0 Å². The van der Waals surface area contributed by atoms with Gasteiger partial charge in [0.15, 0.2) is 0 Å². The van der Waals surface area contributed by atoms with Crippen molar-refractivity contribution in [2.45, 2.75) is 0 Å². The van der Waals surface area contributed by atoms with Gasteiger partial charge in [0, 0.05) is 18.2 Å². The van der Waals surface area contributed by atoms with Gasteiger partial charge in [-0.15, -0.1) is 0 Å². The van der Waals surface area contributed by atoms with E-state index in [1.807, 2.05) is 0 Å². The Morgan fingerprint density at radius 3 is 2.37 bits per heavy atom. The largest absolute Gasteiger partial charge is 0.438 e. The standard InChI is InChI=1S/C12H9F2N3O2/c13-6-1-7(14)3-9(2-6)19-12-10(11(16)18)4-8(15)5-17-12/h1-5H,15H2,(H2,16,18). The molecule has 1 amide bonds. The van der Waals surface area contributed by atoms with Crippen molar-refractivity contribution in [3.05, 3.63) is 47.7 Å². The Morgan fingerprint density at radius 1 is 1.16 bits per heavy atom. The van der Waals surface area contributed by atoms with Crippen LogP contribution in [0.5, 0.6) is 11.6 Å². The number of primary amides is 1. The fourth-order valence-corrected chi connectivity index (χ4v) is 1.43. The molecule has 7 heteroatoms. The number of carbonyl (C=O) groups excluding carboxylic acids is 1. The van der Waals surface area contributed by atoms with Crippen LogP contribution >= 0.6 is 0 Å². The smallest absolute Gasteiger partial charge is 0.254 e. The molecule has 0 atom stereocenters. The zero-order valence-electron chi connectivity index (χ0n) is 9.56. The number of rotatable bonds is 3. The number of amides is 1. The fourth-order valence-electron chi connectivity index (χ4n) is 1.43. The summed E-state index contributed by atoms with van der Waals surface area (Å²) in [5, 5.41) is 0. The molecule has 0 fully saturated rings. The molecule has 0 radical (unpaired) electrons. The van der Waals surface area contributed by atoms with Crippen molar-refractivity contribution >= 4 is 11.6 Å². The van der Waals surface area contributed by atoms with Gasteiger partial charge in [-0.05, 0) is 6.07 Å². The average molecular weight is 265 g/mol. The molecular weight excluding hydrogens is 256 g/mol. The summed E-state index contributed by atoms with van der Waals surface area (Å²) in [6.45, 7) is 0. The first-order chi connectivity index (χ1) is 8.95. The van der Waals surface area contributed by atoms with Gasteiger partial charge in [0.1, 0.15) is 22.9 Å². The van der Waals surface area contributed by atoms with Gasteiger partial charge >= 0.3 is 0 Å². The third-order valence-electron chi connectivity index (χ3n) is 2.19. The predicted octanol–water partition coefficient (Wildman–Crippen LogP) is 1.83. The summed E-state index contributed by atoms with van der Waals surface area (Å²) in [6.07, 6.45) is 1.23. The molecule has 2 rings (SSSR count). The number of pyridine rings is 1. The number of carbonyl (C=O) groups is 1. The Morgan fingerprint density at radius 2 is 1.79 bits per heavy atom. The van der Waals surface area contributed by atoms with Crippen LogP contribution < -0.4 is 16.2 Å². The maximum Gasteiger partial charge on any atom is 0.254 e. The topological polar surface area (TPSA) is 91.2 Å². The number of hydrogen-bond acceptors (Lipinski definition) is 4. The Labute approximate surface area is 106 Å². The van der Waals surface area contributed by atoms with E-state index in [9.17, 15) is 13.6 Å². The van der Waals surface area contributed by atoms with Crippen LogP contribution in [0.1, 0.15) is 10.4 Å². The van der Waals surface area contributed by atoms with Crippen LogP contribution in [0.3, 0.4) is 0 Å². The first-order valence-electron chi connectivity index (χ1n) is 5.15. The zero-order chi connectivity index (χ0) is 14.0. The van der Waals surface area contributed by atoms with E-state index in [4.69, 9.17) is 16.2 Å². The molecule has 1 heterocycles. The molecule has 1 aromatic heterocycles. The molecule has 98 valence electrons. The van der Waals surface area contributed by atoms with Crippen LogP contribution in [0.4, 0.5) is 14.5 Å². The third kappa shape index (κ3) is 2.95. The molecule has 0 saturated heterocycles. The maximum absolute atomic E-state index is 13.0. The number of benzene rings is 1. The predicted molar refractivity (Wildman–Crippen MR) is 63.6 cm³/mol. The second-order valence-corrected chi connectivity index (χ2v) is 3.69. The minimum atomic E-state index is -0.814. The van der Waals surface area contributed by atoms with Gasteiger partial charge in [0.25, 0.3) is 5.91 Å². The lowest BCUT2D eigenvalue weighted by Gasteiger charge is -2.08. The lowest BCUT2D eigenvalue weighted by atomic mass is 10.2. The molecule has 5 nitrogen and oxygen atoms in total. The molecule has 0 bridgehead atoms. The summed E-state index contributed by atoms with van der Waals surface area (Å²) in [6, 6.07) is 3.86. The van der Waals surface area contributed by atoms with E-state index in [2.05, 4.69) is 4.98 Å². The lowest BCUT2D eigenvalue weighted by molar-refractivity contribution is 0.0997. The van der Waals surface area contributed by atoms with Crippen molar-refractivity contribution in [1.82, 2.24) is 4.98 Å². The van der Waals surface area contributed by atoms with E-state index in [-0.39, 0.29) is 22.9 Å². The molecule has 0 saturated carbocycles. The Balaban J connectivity index is 2.40. The number of aromatic nitrogens is 1. The zero-order valence-corrected chi connectivity index (χ0v) is 9.56. The molecule has 1 aromatic carbocycles. The summed E-state index contributed by atoms with van der Waals surface area (Å²) < 4.78 is 31.1. The van der Waals surface area contributed by atoms with Crippen molar-refractivity contribution in [2.24, 2.45) is 5.73 Å². The fraction of sp³-hybridized carbons (Fsp3) is 0. The summed E-state index contributed by atoms with van der Waals surface area (Å²) >= 11 is 0. The molecule has 4 N–H and O–H groups in total. The lowest BCUT2D eigenvalue weighted by Crippen LogP contribution is -2.13. The Bertz CT molecular complexity index is 627. The maximum atomic E-state index is 13.0. The highest BCUT2D eigenvalue weighted by Gasteiger charge is 2.13. The number of anilines is 1. The summed E-state index contributed by atoms with van der Waals surface area (Å²) in [5.41, 5.74) is 10.7. The van der Waals surface area contributed by atoms with Crippen LogP contribution in [0.2, 0.25) is 0 Å². The van der Waals surface area contributed by atoms with E-state index >= 15 is 0 Å². The summed E-state index contributed by atoms with van der Waals surface area (Å²) in [7, 11) is 0. The van der Waals surface area contributed by atoms with Gasteiger partial charge in [-0.2, -0.15) is 0 Å². The highest BCUT2D eigenvalue weighted by molar-refractivity contribution is 5.95. The van der Waals surface area contributed by atoms with Crippen molar-refractivity contribution in [3.63, 3.8) is 0 Å². The van der Waals surface area contributed by atoms with E-state index in [1.54, 1.807) is 0 Å². The number of halogens is 2. The van der Waals surface area contributed by atoms with Gasteiger partial charge in [-0.3, -0.25) is 4.79 Å². The van der Waals surface area contributed by atoms with Crippen LogP contribution in [0.25, 0.3) is 0 Å². The molecule has 0 unspecified atom stereocenters. The number of hydrogen-bond donors (Lipinski definition) is 2. The minimum absolute atomic E-state index is 0.0790. The Kier molecular flexibility index (Phi) is 3.28. The summed E-state index contributed by atoms with van der Waals surface area (Å²) in [4.78, 5) is 15.0. The highest BCUT2D eigenvalue weighted by Crippen LogP contribution is 2.25. The second kappa shape index (κ2) is 4.89. The summed E-state index contributed by atoms with van der Waals surface area (Å²) in [5.74, 6) is -2.76. The third-order valence-corrected chi connectivity index (χ3v) is 2.19. The van der Waals surface area contributed by atoms with Gasteiger partial charge in [0.2, 0.25) is 5.88 Å². The Hall–Kier alpha value is -2.70. The highest BCUT2D eigenvalue weighted by atomic mass is 19.1. The van der Waals surface area contributed by atoms with E-state index < -0.39 is 17.5 Å².